The molecule has 1 aliphatic carbocycles. The number of rotatable bonds is 6. The SMILES string of the molecule is CCc1ccccc1NC(=O)CNC(=O)C1C(C=C(C)C)C1(C)C. The second-order valence-corrected chi connectivity index (χ2v) is 7.35. The fraction of sp³-hybridized carbons (Fsp3) is 0.500. The first-order valence-corrected chi connectivity index (χ1v) is 8.57. The quantitative estimate of drug-likeness (QED) is 0.785. The summed E-state index contributed by atoms with van der Waals surface area (Å²) in [4.78, 5) is 24.5. The predicted octanol–water partition coefficient (Wildman–Crippen LogP) is 3.54. The summed E-state index contributed by atoms with van der Waals surface area (Å²) in [5.41, 5.74) is 3.09. The zero-order chi connectivity index (χ0) is 17.9. The molecule has 0 bridgehead atoms. The molecule has 2 N–H and O–H groups in total. The first kappa shape index (κ1) is 18.2. The Labute approximate surface area is 144 Å². The van der Waals surface area contributed by atoms with Gasteiger partial charge in [0.25, 0.3) is 0 Å². The van der Waals surface area contributed by atoms with Crippen LogP contribution in [0.5, 0.6) is 0 Å². The van der Waals surface area contributed by atoms with E-state index in [0.29, 0.717) is 0 Å². The molecular formula is C20H28N2O2. The minimum Gasteiger partial charge on any atom is -0.347 e. The Morgan fingerprint density at radius 2 is 1.88 bits per heavy atom. The summed E-state index contributed by atoms with van der Waals surface area (Å²) in [6.45, 7) is 10.3. The number of hydrogen-bond donors (Lipinski definition) is 2. The number of hydrogen-bond acceptors (Lipinski definition) is 2. The first-order valence-electron chi connectivity index (χ1n) is 8.57. The van der Waals surface area contributed by atoms with E-state index in [-0.39, 0.29) is 35.6 Å². The second kappa shape index (κ2) is 7.20. The number of aryl methyl sites for hydroxylation is 1. The maximum Gasteiger partial charge on any atom is 0.243 e. The average molecular weight is 328 g/mol. The largest absolute Gasteiger partial charge is 0.347 e. The molecule has 4 nitrogen and oxygen atoms in total. The number of benzene rings is 1. The first-order chi connectivity index (χ1) is 11.3. The molecule has 2 atom stereocenters. The summed E-state index contributed by atoms with van der Waals surface area (Å²) in [7, 11) is 0. The van der Waals surface area contributed by atoms with Crippen molar-refractivity contribution in [2.45, 2.75) is 41.0 Å². The Kier molecular flexibility index (Phi) is 5.47. The van der Waals surface area contributed by atoms with Crippen LogP contribution in [-0.4, -0.2) is 18.4 Å². The Balaban J connectivity index is 1.88. The fourth-order valence-electron chi connectivity index (χ4n) is 3.27. The van der Waals surface area contributed by atoms with Gasteiger partial charge in [0, 0.05) is 5.69 Å². The average Bonchev–Trinajstić information content (AvgIpc) is 3.05. The van der Waals surface area contributed by atoms with E-state index in [2.05, 4.69) is 30.6 Å². The van der Waals surface area contributed by atoms with E-state index >= 15 is 0 Å². The van der Waals surface area contributed by atoms with Crippen molar-refractivity contribution in [3.05, 3.63) is 41.5 Å². The lowest BCUT2D eigenvalue weighted by molar-refractivity contribution is -0.125. The van der Waals surface area contributed by atoms with E-state index in [1.807, 2.05) is 45.0 Å². The minimum absolute atomic E-state index is 0.00496. The molecule has 0 radical (unpaired) electrons. The summed E-state index contributed by atoms with van der Waals surface area (Å²) < 4.78 is 0. The van der Waals surface area contributed by atoms with Gasteiger partial charge >= 0.3 is 0 Å². The van der Waals surface area contributed by atoms with Gasteiger partial charge in [-0.15, -0.1) is 0 Å². The zero-order valence-corrected chi connectivity index (χ0v) is 15.3. The highest BCUT2D eigenvalue weighted by Gasteiger charge is 2.60. The molecule has 0 spiro atoms. The van der Waals surface area contributed by atoms with Gasteiger partial charge in [0.15, 0.2) is 0 Å². The summed E-state index contributed by atoms with van der Waals surface area (Å²) in [5, 5.41) is 5.66. The van der Waals surface area contributed by atoms with E-state index in [1.165, 1.54) is 5.57 Å². The molecule has 2 amide bonds. The van der Waals surface area contributed by atoms with E-state index in [9.17, 15) is 9.59 Å². The summed E-state index contributed by atoms with van der Waals surface area (Å²) >= 11 is 0. The third kappa shape index (κ3) is 4.05. The molecule has 1 saturated carbocycles. The van der Waals surface area contributed by atoms with Crippen LogP contribution < -0.4 is 10.6 Å². The third-order valence-corrected chi connectivity index (χ3v) is 4.80. The van der Waals surface area contributed by atoms with Gasteiger partial charge < -0.3 is 10.6 Å². The lowest BCUT2D eigenvalue weighted by atomic mass is 10.1. The molecule has 24 heavy (non-hydrogen) atoms. The van der Waals surface area contributed by atoms with E-state index in [0.717, 1.165) is 17.7 Å². The van der Waals surface area contributed by atoms with Crippen molar-refractivity contribution in [1.82, 2.24) is 5.32 Å². The molecule has 0 aliphatic heterocycles. The van der Waals surface area contributed by atoms with Crippen LogP contribution in [0.3, 0.4) is 0 Å². The van der Waals surface area contributed by atoms with Crippen molar-refractivity contribution >= 4 is 17.5 Å². The van der Waals surface area contributed by atoms with Gasteiger partial charge in [-0.2, -0.15) is 0 Å². The van der Waals surface area contributed by atoms with Gasteiger partial charge in [0.2, 0.25) is 11.8 Å². The van der Waals surface area contributed by atoms with Crippen molar-refractivity contribution in [2.24, 2.45) is 17.3 Å². The number of carbonyl (C=O) groups excluding carboxylic acids is 2. The molecule has 130 valence electrons. The fourth-order valence-corrected chi connectivity index (χ4v) is 3.27. The molecular weight excluding hydrogens is 300 g/mol. The van der Waals surface area contributed by atoms with Crippen LogP contribution in [0.1, 0.15) is 40.2 Å². The van der Waals surface area contributed by atoms with E-state index < -0.39 is 0 Å². The molecule has 0 aromatic heterocycles. The number of carbonyl (C=O) groups is 2. The second-order valence-electron chi connectivity index (χ2n) is 7.35. The topological polar surface area (TPSA) is 58.2 Å². The van der Waals surface area contributed by atoms with Gasteiger partial charge in [-0.25, -0.2) is 0 Å². The highest BCUT2D eigenvalue weighted by molar-refractivity contribution is 5.96. The molecule has 1 aromatic rings. The van der Waals surface area contributed by atoms with Crippen LogP contribution in [-0.2, 0) is 16.0 Å². The Hall–Kier alpha value is -2.10. The highest BCUT2D eigenvalue weighted by atomic mass is 16.2. The van der Waals surface area contributed by atoms with Crippen LogP contribution in [0, 0.1) is 17.3 Å². The van der Waals surface area contributed by atoms with Crippen molar-refractivity contribution in [3.63, 3.8) is 0 Å². The van der Waals surface area contributed by atoms with Gasteiger partial charge in [-0.1, -0.05) is 50.6 Å². The summed E-state index contributed by atoms with van der Waals surface area (Å²) in [6.07, 6.45) is 3.01. The molecule has 1 aliphatic rings. The van der Waals surface area contributed by atoms with E-state index in [4.69, 9.17) is 0 Å². The molecule has 1 aromatic carbocycles. The molecule has 0 heterocycles. The standard InChI is InChI=1S/C20H28N2O2/c1-6-14-9-7-8-10-16(14)22-17(23)12-21-19(24)18-15(11-13(2)3)20(18,4)5/h7-11,15,18H,6,12H2,1-5H3,(H,21,24)(H,22,23). The maximum atomic E-state index is 12.4. The predicted molar refractivity (Wildman–Crippen MR) is 97.7 cm³/mol. The number of nitrogens with one attached hydrogen (secondary N) is 2. The molecule has 0 saturated heterocycles. The smallest absolute Gasteiger partial charge is 0.243 e. The monoisotopic (exact) mass is 328 g/mol. The van der Waals surface area contributed by atoms with Crippen LogP contribution in [0.2, 0.25) is 0 Å². The van der Waals surface area contributed by atoms with Crippen molar-refractivity contribution in [1.29, 1.82) is 0 Å². The number of amides is 2. The van der Waals surface area contributed by atoms with Crippen LogP contribution in [0.4, 0.5) is 5.69 Å². The van der Waals surface area contributed by atoms with Crippen molar-refractivity contribution in [2.75, 3.05) is 11.9 Å². The number of allylic oxidation sites excluding steroid dienone is 2. The van der Waals surface area contributed by atoms with Crippen LogP contribution >= 0.6 is 0 Å². The Morgan fingerprint density at radius 3 is 2.50 bits per heavy atom. The highest BCUT2D eigenvalue weighted by Crippen LogP contribution is 2.59. The van der Waals surface area contributed by atoms with Gasteiger partial charge in [-0.3, -0.25) is 9.59 Å². The van der Waals surface area contributed by atoms with Gasteiger partial charge in [-0.05, 0) is 43.2 Å². The zero-order valence-electron chi connectivity index (χ0n) is 15.3. The van der Waals surface area contributed by atoms with Gasteiger partial charge in [0.1, 0.15) is 0 Å². The minimum atomic E-state index is -0.193. The molecule has 1 fully saturated rings. The van der Waals surface area contributed by atoms with Crippen molar-refractivity contribution in [3.8, 4) is 0 Å². The van der Waals surface area contributed by atoms with Crippen LogP contribution in [0.25, 0.3) is 0 Å². The van der Waals surface area contributed by atoms with Gasteiger partial charge in [0.05, 0.1) is 12.5 Å². The van der Waals surface area contributed by atoms with E-state index in [1.54, 1.807) is 0 Å². The van der Waals surface area contributed by atoms with Crippen molar-refractivity contribution < 1.29 is 9.59 Å². The third-order valence-electron chi connectivity index (χ3n) is 4.80. The summed E-state index contributed by atoms with van der Waals surface area (Å²) in [6, 6.07) is 7.72. The summed E-state index contributed by atoms with van der Waals surface area (Å²) in [5.74, 6) is -0.0302. The molecule has 4 heteroatoms. The Bertz CT molecular complexity index is 657. The number of para-hydroxylation sites is 1. The van der Waals surface area contributed by atoms with Crippen LogP contribution in [0.15, 0.2) is 35.9 Å². The number of anilines is 1. The Morgan fingerprint density at radius 1 is 1.21 bits per heavy atom. The lowest BCUT2D eigenvalue weighted by Gasteiger charge is -2.10. The molecule has 2 rings (SSSR count). The normalized spacial score (nSPS) is 20.9. The maximum absolute atomic E-state index is 12.4. The lowest BCUT2D eigenvalue weighted by Crippen LogP contribution is -2.34. The molecule has 2 unspecified atom stereocenters.